The largest absolute Gasteiger partial charge is 0.493 e. The minimum atomic E-state index is -0.355. The van der Waals surface area contributed by atoms with Gasteiger partial charge in [0.05, 0.1) is 38.0 Å². The number of aromatic nitrogens is 2. The first-order chi connectivity index (χ1) is 11.1. The zero-order valence-electron chi connectivity index (χ0n) is 12.7. The minimum absolute atomic E-state index is 0.114. The summed E-state index contributed by atoms with van der Waals surface area (Å²) in [6.45, 7) is 0.114. The number of methoxy groups -OCH3 is 2. The molecule has 0 saturated carbocycles. The molecule has 0 fully saturated rings. The summed E-state index contributed by atoms with van der Waals surface area (Å²) in [5.74, 6) is 0.591. The highest BCUT2D eigenvalue weighted by Gasteiger charge is 2.12. The van der Waals surface area contributed by atoms with Gasteiger partial charge >= 0.3 is 0 Å². The summed E-state index contributed by atoms with van der Waals surface area (Å²) >= 11 is 0. The second kappa shape index (κ2) is 6.08. The van der Waals surface area contributed by atoms with Crippen molar-refractivity contribution in [2.75, 3.05) is 14.2 Å². The molecule has 3 aromatic rings. The highest BCUT2D eigenvalue weighted by molar-refractivity contribution is 5.81. The van der Waals surface area contributed by atoms with E-state index < -0.39 is 0 Å². The summed E-state index contributed by atoms with van der Waals surface area (Å²) < 4.78 is 25.6. The van der Waals surface area contributed by atoms with Crippen molar-refractivity contribution in [1.29, 1.82) is 0 Å². The maximum Gasteiger partial charge on any atom is 0.261 e. The van der Waals surface area contributed by atoms with Crippen molar-refractivity contribution >= 4 is 10.9 Å². The highest BCUT2D eigenvalue weighted by atomic mass is 19.1. The molecule has 3 rings (SSSR count). The molecule has 0 saturated heterocycles. The maximum atomic E-state index is 13.8. The lowest BCUT2D eigenvalue weighted by molar-refractivity contribution is 0.355. The molecule has 0 aliphatic carbocycles. The molecule has 0 aliphatic rings. The van der Waals surface area contributed by atoms with Crippen LogP contribution < -0.4 is 15.0 Å². The van der Waals surface area contributed by atoms with Gasteiger partial charge in [0.15, 0.2) is 11.5 Å². The quantitative estimate of drug-likeness (QED) is 0.743. The number of hydrogen-bond donors (Lipinski definition) is 0. The Labute approximate surface area is 131 Å². The van der Waals surface area contributed by atoms with Gasteiger partial charge in [-0.2, -0.15) is 0 Å². The van der Waals surface area contributed by atoms with Crippen LogP contribution in [0.5, 0.6) is 11.5 Å². The van der Waals surface area contributed by atoms with Crippen LogP contribution in [-0.2, 0) is 6.54 Å². The standard InChI is InChI=1S/C17H15FN2O3/c1-22-15-7-12-14(8-16(15)23-2)19-10-20(17(12)21)9-11-5-3-4-6-13(11)18/h3-8,10H,9H2,1-2H3. The Hall–Kier alpha value is -2.89. The van der Waals surface area contributed by atoms with Gasteiger partial charge < -0.3 is 9.47 Å². The molecule has 5 nitrogen and oxygen atoms in total. The average molecular weight is 314 g/mol. The van der Waals surface area contributed by atoms with Crippen molar-refractivity contribution in [1.82, 2.24) is 9.55 Å². The van der Waals surface area contributed by atoms with Crippen molar-refractivity contribution in [2.24, 2.45) is 0 Å². The van der Waals surface area contributed by atoms with E-state index in [1.54, 1.807) is 30.3 Å². The second-order valence-corrected chi connectivity index (χ2v) is 4.99. The van der Waals surface area contributed by atoms with Crippen molar-refractivity contribution in [3.63, 3.8) is 0 Å². The Kier molecular flexibility index (Phi) is 3.97. The molecule has 0 bridgehead atoms. The molecular weight excluding hydrogens is 299 g/mol. The lowest BCUT2D eigenvalue weighted by Gasteiger charge is -2.11. The van der Waals surface area contributed by atoms with Crippen LogP contribution in [0.4, 0.5) is 4.39 Å². The summed E-state index contributed by atoms with van der Waals surface area (Å²) in [6, 6.07) is 9.57. The number of rotatable bonds is 4. The monoisotopic (exact) mass is 314 g/mol. The van der Waals surface area contributed by atoms with E-state index in [4.69, 9.17) is 9.47 Å². The topological polar surface area (TPSA) is 53.4 Å². The van der Waals surface area contributed by atoms with Crippen molar-refractivity contribution in [2.45, 2.75) is 6.54 Å². The van der Waals surface area contributed by atoms with Crippen molar-refractivity contribution < 1.29 is 13.9 Å². The van der Waals surface area contributed by atoms with E-state index in [1.165, 1.54) is 31.2 Å². The van der Waals surface area contributed by atoms with Gasteiger partial charge in [-0.15, -0.1) is 0 Å². The van der Waals surface area contributed by atoms with Crippen LogP contribution in [0.1, 0.15) is 5.56 Å². The summed E-state index contributed by atoms with van der Waals surface area (Å²) in [5, 5.41) is 0.390. The fraction of sp³-hybridized carbons (Fsp3) is 0.176. The van der Waals surface area contributed by atoms with Gasteiger partial charge in [-0.05, 0) is 12.1 Å². The molecule has 0 radical (unpaired) electrons. The predicted molar refractivity (Wildman–Crippen MR) is 84.6 cm³/mol. The van der Waals surface area contributed by atoms with E-state index in [-0.39, 0.29) is 17.9 Å². The third-order valence-electron chi connectivity index (χ3n) is 3.63. The molecule has 0 atom stereocenters. The average Bonchev–Trinajstić information content (AvgIpc) is 2.58. The van der Waals surface area contributed by atoms with Crippen LogP contribution in [0.2, 0.25) is 0 Å². The molecule has 1 heterocycles. The molecule has 118 valence electrons. The molecular formula is C17H15FN2O3. The molecule has 1 aromatic heterocycles. The van der Waals surface area contributed by atoms with Gasteiger partial charge in [-0.1, -0.05) is 18.2 Å². The molecule has 23 heavy (non-hydrogen) atoms. The Morgan fingerprint density at radius 1 is 1.13 bits per heavy atom. The first kappa shape index (κ1) is 15.0. The number of halogens is 1. The second-order valence-electron chi connectivity index (χ2n) is 4.99. The zero-order chi connectivity index (χ0) is 16.4. The molecule has 2 aromatic carbocycles. The number of benzene rings is 2. The summed E-state index contributed by atoms with van der Waals surface area (Å²) in [4.78, 5) is 16.9. The van der Waals surface area contributed by atoms with Crippen LogP contribution in [0.25, 0.3) is 10.9 Å². The number of nitrogens with zero attached hydrogens (tertiary/aromatic N) is 2. The summed E-state index contributed by atoms with van der Waals surface area (Å²) in [6.07, 6.45) is 1.41. The molecule has 0 aliphatic heterocycles. The minimum Gasteiger partial charge on any atom is -0.493 e. The number of hydrogen-bond acceptors (Lipinski definition) is 4. The van der Waals surface area contributed by atoms with Crippen LogP contribution in [-0.4, -0.2) is 23.8 Å². The third kappa shape index (κ3) is 2.75. The Balaban J connectivity index is 2.12. The Morgan fingerprint density at radius 3 is 2.52 bits per heavy atom. The molecule has 0 unspecified atom stereocenters. The molecule has 0 N–H and O–H groups in total. The van der Waals surface area contributed by atoms with Crippen molar-refractivity contribution in [3.8, 4) is 11.5 Å². The first-order valence-corrected chi connectivity index (χ1v) is 6.98. The predicted octanol–water partition coefficient (Wildman–Crippen LogP) is 2.60. The van der Waals surface area contributed by atoms with E-state index in [0.717, 1.165) is 0 Å². The van der Waals surface area contributed by atoms with Gasteiger partial charge in [0.25, 0.3) is 5.56 Å². The van der Waals surface area contributed by atoms with Gasteiger partial charge in [-0.25, -0.2) is 9.37 Å². The van der Waals surface area contributed by atoms with Crippen molar-refractivity contribution in [3.05, 3.63) is 64.5 Å². The van der Waals surface area contributed by atoms with Crippen LogP contribution in [0.3, 0.4) is 0 Å². The van der Waals surface area contributed by atoms with E-state index in [0.29, 0.717) is 28.0 Å². The highest BCUT2D eigenvalue weighted by Crippen LogP contribution is 2.29. The van der Waals surface area contributed by atoms with Gasteiger partial charge in [0, 0.05) is 11.6 Å². The van der Waals surface area contributed by atoms with E-state index >= 15 is 0 Å². The lowest BCUT2D eigenvalue weighted by Crippen LogP contribution is -2.21. The fourth-order valence-electron chi connectivity index (χ4n) is 2.41. The Morgan fingerprint density at radius 2 is 1.83 bits per heavy atom. The molecule has 0 spiro atoms. The third-order valence-corrected chi connectivity index (χ3v) is 3.63. The lowest BCUT2D eigenvalue weighted by atomic mass is 10.2. The van der Waals surface area contributed by atoms with Gasteiger partial charge in [0.2, 0.25) is 0 Å². The molecule has 6 heteroatoms. The first-order valence-electron chi connectivity index (χ1n) is 6.98. The van der Waals surface area contributed by atoms with Crippen LogP contribution in [0, 0.1) is 5.82 Å². The SMILES string of the molecule is COc1cc2ncn(Cc3ccccc3F)c(=O)c2cc1OC. The summed E-state index contributed by atoms with van der Waals surface area (Å²) in [7, 11) is 3.01. The van der Waals surface area contributed by atoms with E-state index in [2.05, 4.69) is 4.98 Å². The Bertz CT molecular complexity index is 921. The summed E-state index contributed by atoms with van der Waals surface area (Å²) in [5.41, 5.74) is 0.660. The molecule has 0 amide bonds. The van der Waals surface area contributed by atoms with E-state index in [1.807, 2.05) is 0 Å². The number of fused-ring (bicyclic) bond motifs is 1. The van der Waals surface area contributed by atoms with Gasteiger partial charge in [-0.3, -0.25) is 9.36 Å². The smallest absolute Gasteiger partial charge is 0.261 e. The fourth-order valence-corrected chi connectivity index (χ4v) is 2.41. The van der Waals surface area contributed by atoms with Gasteiger partial charge in [0.1, 0.15) is 5.82 Å². The van der Waals surface area contributed by atoms with Crippen LogP contribution in [0.15, 0.2) is 47.5 Å². The number of ether oxygens (including phenoxy) is 2. The van der Waals surface area contributed by atoms with Crippen LogP contribution >= 0.6 is 0 Å². The maximum absolute atomic E-state index is 13.8. The van der Waals surface area contributed by atoms with E-state index in [9.17, 15) is 9.18 Å². The zero-order valence-corrected chi connectivity index (χ0v) is 12.7. The normalized spacial score (nSPS) is 10.7.